The second kappa shape index (κ2) is 7.47. The molecule has 0 aromatic rings. The number of nitrogens with zero attached hydrogens (tertiary/aromatic N) is 1. The molecule has 0 aromatic heterocycles. The summed E-state index contributed by atoms with van der Waals surface area (Å²) in [5.74, 6) is 3.43. The van der Waals surface area contributed by atoms with Crippen LogP contribution in [-0.4, -0.2) is 22.1 Å². The van der Waals surface area contributed by atoms with Crippen LogP contribution in [0.3, 0.4) is 0 Å². The van der Waals surface area contributed by atoms with Gasteiger partial charge in [0.05, 0.1) is 11.8 Å². The zero-order chi connectivity index (χ0) is 24.0. The van der Waals surface area contributed by atoms with Gasteiger partial charge in [-0.05, 0) is 127 Å². The maximum atomic E-state index is 10.9. The second-order valence-electron chi connectivity index (χ2n) is 14.8. The highest BCUT2D eigenvalue weighted by molar-refractivity contribution is 5.85. The number of rotatable bonds is 5. The Morgan fingerprint density at radius 1 is 0.848 bits per heavy atom. The summed E-state index contributed by atoms with van der Waals surface area (Å²) in [5.41, 5.74) is 3.08. The molecule has 5 fully saturated rings. The first-order valence-corrected chi connectivity index (χ1v) is 14.3. The maximum absolute atomic E-state index is 10.9. The third-order valence-corrected chi connectivity index (χ3v) is 13.5. The summed E-state index contributed by atoms with van der Waals surface area (Å²) >= 11 is 0. The lowest BCUT2D eigenvalue weighted by molar-refractivity contribution is -0.161. The predicted molar refractivity (Wildman–Crippen MR) is 135 cm³/mol. The summed E-state index contributed by atoms with van der Waals surface area (Å²) in [6, 6.07) is 0. The molecule has 0 aromatic carbocycles. The van der Waals surface area contributed by atoms with Crippen LogP contribution in [0.15, 0.2) is 5.16 Å². The molecule has 0 bridgehead atoms. The van der Waals surface area contributed by atoms with E-state index in [-0.39, 0.29) is 11.5 Å². The van der Waals surface area contributed by atoms with Crippen LogP contribution in [-0.2, 0) is 0 Å². The summed E-state index contributed by atoms with van der Waals surface area (Å²) in [6.45, 7) is 16.9. The van der Waals surface area contributed by atoms with Gasteiger partial charge in [-0.3, -0.25) is 0 Å². The molecule has 0 heterocycles. The van der Waals surface area contributed by atoms with Crippen molar-refractivity contribution in [1.82, 2.24) is 0 Å². The number of hydrogen-bond acceptors (Lipinski definition) is 3. The van der Waals surface area contributed by atoms with E-state index in [0.29, 0.717) is 33.5 Å². The minimum absolute atomic E-state index is 0.0868. The Kier molecular flexibility index (Phi) is 5.46. The lowest BCUT2D eigenvalue weighted by Gasteiger charge is -2.63. The molecule has 2 spiro atoms. The van der Waals surface area contributed by atoms with E-state index >= 15 is 0 Å². The highest BCUT2D eigenvalue weighted by Gasteiger charge is 2.82. The van der Waals surface area contributed by atoms with Gasteiger partial charge in [0, 0.05) is 0 Å². The topological polar surface area (TPSA) is 52.8 Å². The molecule has 5 aliphatic carbocycles. The van der Waals surface area contributed by atoms with Gasteiger partial charge < -0.3 is 10.3 Å². The number of fused-ring (bicyclic) bond motifs is 2. The van der Waals surface area contributed by atoms with Crippen molar-refractivity contribution in [3.05, 3.63) is 0 Å². The first-order chi connectivity index (χ1) is 15.4. The van der Waals surface area contributed by atoms with Gasteiger partial charge >= 0.3 is 0 Å². The highest BCUT2D eigenvalue weighted by atomic mass is 16.4. The molecule has 3 heteroatoms. The van der Waals surface area contributed by atoms with Gasteiger partial charge in [-0.15, -0.1) is 0 Å². The molecule has 0 radical (unpaired) electrons. The second-order valence-corrected chi connectivity index (χ2v) is 14.8. The van der Waals surface area contributed by atoms with Crippen LogP contribution in [0.2, 0.25) is 0 Å². The van der Waals surface area contributed by atoms with Gasteiger partial charge in [0.2, 0.25) is 0 Å². The van der Waals surface area contributed by atoms with Gasteiger partial charge in [-0.25, -0.2) is 0 Å². The molecule has 0 aliphatic heterocycles. The lowest BCUT2D eigenvalue weighted by Crippen LogP contribution is -2.57. The molecule has 2 N–H and O–H groups in total. The van der Waals surface area contributed by atoms with Crippen LogP contribution in [0.5, 0.6) is 0 Å². The summed E-state index contributed by atoms with van der Waals surface area (Å²) in [5, 5.41) is 23.9. The monoisotopic (exact) mass is 457 g/mol. The summed E-state index contributed by atoms with van der Waals surface area (Å²) in [4.78, 5) is 0. The molecular formula is C30H51NO2. The van der Waals surface area contributed by atoms with Gasteiger partial charge in [-0.2, -0.15) is 0 Å². The van der Waals surface area contributed by atoms with E-state index in [1.54, 1.807) is 0 Å². The standard InChI is InChI=1S/C30H51NO2/c1-19(2)22(31-33)9-8-20(3)21-12-14-28(7)24-11-10-23-26(4,5)25(32)13-15-29(23)18-30(24,29)17-16-27(21,28)6/h19-21,23-25,32-33H,8-18H2,1-7H3/b31-22+/t20-,21-,23+,24+,25+,27-,28+,29-,30+/m1/s1. The minimum Gasteiger partial charge on any atom is -0.411 e. The van der Waals surface area contributed by atoms with Gasteiger partial charge in [0.15, 0.2) is 0 Å². The Morgan fingerprint density at radius 3 is 2.18 bits per heavy atom. The third kappa shape index (κ3) is 2.93. The average Bonchev–Trinajstić information content (AvgIpc) is 3.34. The molecule has 9 atom stereocenters. The van der Waals surface area contributed by atoms with E-state index < -0.39 is 0 Å². The fourth-order valence-corrected chi connectivity index (χ4v) is 11.3. The summed E-state index contributed by atoms with van der Waals surface area (Å²) in [6.07, 6.45) is 14.1. The van der Waals surface area contributed by atoms with Crippen LogP contribution in [0.25, 0.3) is 0 Å². The number of hydrogen-bond donors (Lipinski definition) is 2. The van der Waals surface area contributed by atoms with Gasteiger partial charge in [0.1, 0.15) is 0 Å². The van der Waals surface area contributed by atoms with Crippen LogP contribution in [0.4, 0.5) is 0 Å². The van der Waals surface area contributed by atoms with E-state index in [1.165, 1.54) is 51.4 Å². The average molecular weight is 458 g/mol. The molecule has 0 saturated heterocycles. The van der Waals surface area contributed by atoms with Gasteiger partial charge in [-0.1, -0.05) is 53.6 Å². The molecule has 33 heavy (non-hydrogen) atoms. The quantitative estimate of drug-likeness (QED) is 0.252. The van der Waals surface area contributed by atoms with E-state index in [0.717, 1.165) is 42.7 Å². The molecule has 0 amide bonds. The smallest absolute Gasteiger partial charge is 0.0596 e. The van der Waals surface area contributed by atoms with Crippen LogP contribution in [0, 0.1) is 56.7 Å². The van der Waals surface area contributed by atoms with Crippen molar-refractivity contribution in [2.75, 3.05) is 0 Å². The fraction of sp³-hybridized carbons (Fsp3) is 0.967. The van der Waals surface area contributed by atoms with Crippen molar-refractivity contribution in [1.29, 1.82) is 0 Å². The zero-order valence-corrected chi connectivity index (χ0v) is 22.6. The molecule has 3 nitrogen and oxygen atoms in total. The third-order valence-electron chi connectivity index (χ3n) is 13.5. The van der Waals surface area contributed by atoms with E-state index in [9.17, 15) is 10.3 Å². The first-order valence-electron chi connectivity index (χ1n) is 14.3. The number of aliphatic hydroxyl groups is 1. The molecule has 188 valence electrons. The molecular weight excluding hydrogens is 406 g/mol. The predicted octanol–water partition coefficient (Wildman–Crippen LogP) is 7.69. The van der Waals surface area contributed by atoms with Crippen molar-refractivity contribution in [2.24, 2.45) is 61.8 Å². The summed E-state index contributed by atoms with van der Waals surface area (Å²) < 4.78 is 0. The Balaban J connectivity index is 1.38. The summed E-state index contributed by atoms with van der Waals surface area (Å²) in [7, 11) is 0. The Bertz CT molecular complexity index is 818. The molecule has 5 aliphatic rings. The maximum Gasteiger partial charge on any atom is 0.0596 e. The van der Waals surface area contributed by atoms with Crippen LogP contribution >= 0.6 is 0 Å². The Labute approximate surface area is 203 Å². The SMILES string of the molecule is CC(C)/C(CC[C@@H](C)[C@H]1CC[C@@]2(C)[C@@H]3CC[C@H]4C(C)(C)[C@@H](O)CC[C@@]45C[C@@]35CC[C@]12C)=N/O. The molecule has 0 unspecified atom stereocenters. The fourth-order valence-electron chi connectivity index (χ4n) is 11.3. The zero-order valence-electron chi connectivity index (χ0n) is 22.6. The minimum atomic E-state index is -0.110. The van der Waals surface area contributed by atoms with Crippen molar-refractivity contribution in [3.63, 3.8) is 0 Å². The first kappa shape index (κ1) is 24.1. The Hall–Kier alpha value is -0.570. The van der Waals surface area contributed by atoms with E-state index in [1.807, 2.05) is 0 Å². The number of aliphatic hydroxyl groups excluding tert-OH is 1. The van der Waals surface area contributed by atoms with E-state index in [2.05, 4.69) is 53.6 Å². The van der Waals surface area contributed by atoms with Crippen molar-refractivity contribution in [3.8, 4) is 0 Å². The lowest BCUT2D eigenvalue weighted by atomic mass is 9.41. The van der Waals surface area contributed by atoms with Crippen molar-refractivity contribution < 1.29 is 10.3 Å². The van der Waals surface area contributed by atoms with E-state index in [4.69, 9.17) is 0 Å². The highest BCUT2D eigenvalue weighted by Crippen LogP contribution is 2.89. The number of oxime groups is 1. The largest absolute Gasteiger partial charge is 0.411 e. The molecule has 5 saturated carbocycles. The molecule has 5 rings (SSSR count). The van der Waals surface area contributed by atoms with Crippen molar-refractivity contribution in [2.45, 2.75) is 125 Å². The Morgan fingerprint density at radius 2 is 1.52 bits per heavy atom. The van der Waals surface area contributed by atoms with Crippen LogP contribution in [0.1, 0.15) is 119 Å². The van der Waals surface area contributed by atoms with Crippen molar-refractivity contribution >= 4 is 5.71 Å². The normalized spacial score (nSPS) is 51.4. The van der Waals surface area contributed by atoms with Crippen LogP contribution < -0.4 is 0 Å². The van der Waals surface area contributed by atoms with Gasteiger partial charge in [0.25, 0.3) is 0 Å².